The minimum Gasteiger partial charge on any atom is -0.502 e. The van der Waals surface area contributed by atoms with Crippen LogP contribution in [-0.2, 0) is 0 Å². The summed E-state index contributed by atoms with van der Waals surface area (Å²) < 4.78 is 23.7. The van der Waals surface area contributed by atoms with Gasteiger partial charge in [-0.15, -0.1) is 0 Å². The van der Waals surface area contributed by atoms with E-state index in [1.807, 2.05) is 0 Å². The van der Waals surface area contributed by atoms with Gasteiger partial charge < -0.3 is 19.9 Å². The highest BCUT2D eigenvalue weighted by atomic mass is 19.1. The molecule has 0 spiro atoms. The number of phenolic OH excluding ortho intramolecular Hbond substituents is 1. The van der Waals surface area contributed by atoms with Gasteiger partial charge in [-0.1, -0.05) is 0 Å². The zero-order chi connectivity index (χ0) is 14.5. The molecule has 1 saturated heterocycles. The SMILES string of the molecule is COc1cc([C@@H](CF)N2CCNCC2)cc(OC)c1O. The summed E-state index contributed by atoms with van der Waals surface area (Å²) in [7, 11) is 2.93. The lowest BCUT2D eigenvalue weighted by molar-refractivity contribution is 0.147. The summed E-state index contributed by atoms with van der Waals surface area (Å²) in [5.41, 5.74) is 0.751. The number of alkyl halides is 1. The maximum Gasteiger partial charge on any atom is 0.200 e. The average molecular weight is 284 g/mol. The number of ether oxygens (including phenoxy) is 2. The molecule has 1 aromatic rings. The number of methoxy groups -OCH3 is 2. The Bertz CT molecular complexity index is 425. The lowest BCUT2D eigenvalue weighted by Crippen LogP contribution is -2.45. The molecule has 1 aromatic carbocycles. The normalized spacial score (nSPS) is 17.8. The number of hydrogen-bond donors (Lipinski definition) is 2. The quantitative estimate of drug-likeness (QED) is 0.854. The highest BCUT2D eigenvalue weighted by Gasteiger charge is 2.24. The standard InChI is InChI=1S/C14H21FN2O3/c1-19-12-7-10(8-13(20-2)14(12)18)11(9-15)17-5-3-16-4-6-17/h7-8,11,16,18H,3-6,9H2,1-2H3/t11-/m1/s1. The van der Waals surface area contributed by atoms with Crippen molar-refractivity contribution in [2.24, 2.45) is 0 Å². The van der Waals surface area contributed by atoms with E-state index in [0.717, 1.165) is 31.7 Å². The smallest absolute Gasteiger partial charge is 0.200 e. The van der Waals surface area contributed by atoms with Gasteiger partial charge in [0, 0.05) is 26.2 Å². The van der Waals surface area contributed by atoms with Gasteiger partial charge in [0.2, 0.25) is 5.75 Å². The summed E-state index contributed by atoms with van der Waals surface area (Å²) in [5, 5.41) is 13.2. The summed E-state index contributed by atoms with van der Waals surface area (Å²) >= 11 is 0. The molecule has 2 rings (SSSR count). The van der Waals surface area contributed by atoms with Crippen molar-refractivity contribution < 1.29 is 19.0 Å². The Morgan fingerprint density at radius 2 is 1.80 bits per heavy atom. The molecule has 0 radical (unpaired) electrons. The Labute approximate surface area is 118 Å². The highest BCUT2D eigenvalue weighted by molar-refractivity contribution is 5.53. The first-order valence-corrected chi connectivity index (χ1v) is 6.66. The van der Waals surface area contributed by atoms with Crippen molar-refractivity contribution >= 4 is 0 Å². The Morgan fingerprint density at radius 1 is 1.25 bits per heavy atom. The molecule has 1 atom stereocenters. The average Bonchev–Trinajstić information content (AvgIpc) is 2.50. The Kier molecular flexibility index (Phi) is 5.03. The topological polar surface area (TPSA) is 54.0 Å². The zero-order valence-electron chi connectivity index (χ0n) is 11.9. The molecule has 0 unspecified atom stereocenters. The summed E-state index contributed by atoms with van der Waals surface area (Å²) in [6.45, 7) is 2.79. The first-order chi connectivity index (χ1) is 9.71. The van der Waals surface area contributed by atoms with Gasteiger partial charge in [-0.3, -0.25) is 4.90 Å². The molecule has 1 aliphatic heterocycles. The van der Waals surface area contributed by atoms with Crippen molar-refractivity contribution in [3.8, 4) is 17.2 Å². The number of piperazine rings is 1. The summed E-state index contributed by atoms with van der Waals surface area (Å²) in [5.74, 6) is 0.539. The number of hydrogen-bond acceptors (Lipinski definition) is 5. The van der Waals surface area contributed by atoms with Crippen molar-refractivity contribution in [2.75, 3.05) is 47.1 Å². The van der Waals surface area contributed by atoms with Crippen molar-refractivity contribution in [3.63, 3.8) is 0 Å². The molecule has 0 aliphatic carbocycles. The molecule has 2 N–H and O–H groups in total. The summed E-state index contributed by atoms with van der Waals surface area (Å²) in [6.07, 6.45) is 0. The number of halogens is 1. The zero-order valence-corrected chi connectivity index (χ0v) is 11.9. The minimum absolute atomic E-state index is 0.0586. The van der Waals surface area contributed by atoms with Crippen LogP contribution >= 0.6 is 0 Å². The fourth-order valence-corrected chi connectivity index (χ4v) is 2.50. The second kappa shape index (κ2) is 6.76. The van der Waals surface area contributed by atoms with Crippen LogP contribution in [0, 0.1) is 0 Å². The third kappa shape index (κ3) is 2.96. The van der Waals surface area contributed by atoms with E-state index in [1.165, 1.54) is 14.2 Å². The second-order valence-electron chi connectivity index (χ2n) is 4.73. The maximum atomic E-state index is 13.5. The van der Waals surface area contributed by atoms with Gasteiger partial charge in [0.25, 0.3) is 0 Å². The maximum absolute atomic E-state index is 13.5. The first kappa shape index (κ1) is 14.9. The molecular formula is C14H21FN2O3. The fourth-order valence-electron chi connectivity index (χ4n) is 2.50. The van der Waals surface area contributed by atoms with Crippen LogP contribution in [0.4, 0.5) is 4.39 Å². The largest absolute Gasteiger partial charge is 0.502 e. The molecule has 0 bridgehead atoms. The molecule has 0 amide bonds. The van der Waals surface area contributed by atoms with E-state index >= 15 is 0 Å². The van der Waals surface area contributed by atoms with Gasteiger partial charge in [-0.05, 0) is 17.7 Å². The lowest BCUT2D eigenvalue weighted by Gasteiger charge is -2.34. The second-order valence-corrected chi connectivity index (χ2v) is 4.73. The van der Waals surface area contributed by atoms with Crippen molar-refractivity contribution in [2.45, 2.75) is 6.04 Å². The van der Waals surface area contributed by atoms with Crippen LogP contribution in [0.2, 0.25) is 0 Å². The van der Waals surface area contributed by atoms with E-state index in [1.54, 1.807) is 12.1 Å². The van der Waals surface area contributed by atoms with Crippen molar-refractivity contribution in [1.82, 2.24) is 10.2 Å². The third-order valence-electron chi connectivity index (χ3n) is 3.63. The van der Waals surface area contributed by atoms with Gasteiger partial charge in [-0.2, -0.15) is 0 Å². The van der Waals surface area contributed by atoms with Crippen LogP contribution in [0.15, 0.2) is 12.1 Å². The van der Waals surface area contributed by atoms with Crippen LogP contribution in [0.3, 0.4) is 0 Å². The van der Waals surface area contributed by atoms with Crippen LogP contribution in [-0.4, -0.2) is 57.1 Å². The summed E-state index contributed by atoms with van der Waals surface area (Å²) in [6, 6.07) is 2.99. The molecule has 20 heavy (non-hydrogen) atoms. The molecule has 112 valence electrons. The molecule has 1 heterocycles. The Hall–Kier alpha value is -1.53. The predicted octanol–water partition coefficient (Wildman–Crippen LogP) is 1.33. The van der Waals surface area contributed by atoms with E-state index in [-0.39, 0.29) is 11.8 Å². The number of benzene rings is 1. The van der Waals surface area contributed by atoms with Crippen LogP contribution in [0.5, 0.6) is 17.2 Å². The van der Waals surface area contributed by atoms with Gasteiger partial charge in [0.15, 0.2) is 11.5 Å². The minimum atomic E-state index is -0.489. The first-order valence-electron chi connectivity index (χ1n) is 6.66. The molecule has 0 saturated carbocycles. The number of phenols is 1. The van der Waals surface area contributed by atoms with Crippen LogP contribution < -0.4 is 14.8 Å². The van der Waals surface area contributed by atoms with Crippen LogP contribution in [0.1, 0.15) is 11.6 Å². The highest BCUT2D eigenvalue weighted by Crippen LogP contribution is 2.39. The number of nitrogens with one attached hydrogen (secondary N) is 1. The molecule has 1 fully saturated rings. The molecule has 6 heteroatoms. The van der Waals surface area contributed by atoms with E-state index in [4.69, 9.17) is 9.47 Å². The van der Waals surface area contributed by atoms with E-state index in [0.29, 0.717) is 11.5 Å². The van der Waals surface area contributed by atoms with E-state index < -0.39 is 6.67 Å². The van der Waals surface area contributed by atoms with Gasteiger partial charge >= 0.3 is 0 Å². The number of rotatable bonds is 5. The van der Waals surface area contributed by atoms with Gasteiger partial charge in [0.05, 0.1) is 20.3 Å². The third-order valence-corrected chi connectivity index (χ3v) is 3.63. The molecule has 5 nitrogen and oxygen atoms in total. The van der Waals surface area contributed by atoms with Gasteiger partial charge in [-0.25, -0.2) is 4.39 Å². The van der Waals surface area contributed by atoms with Crippen molar-refractivity contribution in [3.05, 3.63) is 17.7 Å². The van der Waals surface area contributed by atoms with E-state index in [2.05, 4.69) is 10.2 Å². The number of aromatic hydroxyl groups is 1. The summed E-state index contributed by atoms with van der Waals surface area (Å²) in [4.78, 5) is 2.09. The monoisotopic (exact) mass is 284 g/mol. The Balaban J connectivity index is 2.33. The van der Waals surface area contributed by atoms with Crippen LogP contribution in [0.25, 0.3) is 0 Å². The molecular weight excluding hydrogens is 263 g/mol. The van der Waals surface area contributed by atoms with Gasteiger partial charge in [0.1, 0.15) is 6.67 Å². The lowest BCUT2D eigenvalue weighted by atomic mass is 10.0. The number of nitrogens with zero attached hydrogens (tertiary/aromatic N) is 1. The molecule has 1 aliphatic rings. The van der Waals surface area contributed by atoms with Crippen molar-refractivity contribution in [1.29, 1.82) is 0 Å². The Morgan fingerprint density at radius 3 is 2.25 bits per heavy atom. The predicted molar refractivity (Wildman–Crippen MR) is 74.4 cm³/mol. The fraction of sp³-hybridized carbons (Fsp3) is 0.571. The van der Waals surface area contributed by atoms with E-state index in [9.17, 15) is 9.50 Å². The molecule has 0 aromatic heterocycles.